The summed E-state index contributed by atoms with van der Waals surface area (Å²) in [5.74, 6) is -0.541. The Morgan fingerprint density at radius 2 is 1.95 bits per heavy atom. The molecule has 0 aliphatic heterocycles. The Balaban J connectivity index is 2.02. The highest BCUT2D eigenvalue weighted by Gasteiger charge is 2.16. The minimum atomic E-state index is -0.799. The monoisotopic (exact) mass is 308 g/mol. The van der Waals surface area contributed by atoms with Crippen molar-refractivity contribution in [2.45, 2.75) is 13.0 Å². The number of hydrogen-bond donors (Lipinski definition) is 2. The van der Waals surface area contributed by atoms with Crippen molar-refractivity contribution in [1.29, 1.82) is 0 Å². The van der Waals surface area contributed by atoms with Gasteiger partial charge in [-0.2, -0.15) is 0 Å². The minimum Gasteiger partial charge on any atom is -0.481 e. The maximum Gasteiger partial charge on any atom is 0.265 e. The number of rotatable bonds is 4. The molecule has 1 amide bonds. The lowest BCUT2D eigenvalue weighted by atomic mass is 10.2. The first-order valence-corrected chi connectivity index (χ1v) is 6.61. The van der Waals surface area contributed by atoms with Gasteiger partial charge in [0.15, 0.2) is 6.10 Å². The van der Waals surface area contributed by atoms with E-state index < -0.39 is 17.8 Å². The molecule has 0 spiro atoms. The van der Waals surface area contributed by atoms with Crippen LogP contribution >= 0.6 is 11.6 Å². The van der Waals surface area contributed by atoms with Gasteiger partial charge in [-0.1, -0.05) is 11.6 Å². The summed E-state index contributed by atoms with van der Waals surface area (Å²) in [4.78, 5) is 12.0. The van der Waals surface area contributed by atoms with E-state index in [1.54, 1.807) is 31.2 Å². The number of nitrogens with two attached hydrogens (primary N) is 1. The quantitative estimate of drug-likeness (QED) is 0.850. The van der Waals surface area contributed by atoms with Crippen LogP contribution in [0.25, 0.3) is 0 Å². The van der Waals surface area contributed by atoms with Crippen LogP contribution in [0.3, 0.4) is 0 Å². The second-order valence-electron chi connectivity index (χ2n) is 4.44. The molecule has 0 radical (unpaired) electrons. The van der Waals surface area contributed by atoms with E-state index >= 15 is 0 Å². The standard InChI is InChI=1S/C15H14ClFN2O2/c1-9(21-12-5-2-10(16)3-6-12)15(20)19-14-8-11(18)4-7-13(14)17/h2-9H,18H2,1H3,(H,19,20)/t9-/m1/s1. The van der Waals surface area contributed by atoms with Gasteiger partial charge in [-0.3, -0.25) is 4.79 Å². The zero-order chi connectivity index (χ0) is 15.4. The van der Waals surface area contributed by atoms with Gasteiger partial charge >= 0.3 is 0 Å². The fourth-order valence-electron chi connectivity index (χ4n) is 1.64. The molecule has 3 N–H and O–H groups in total. The molecule has 0 heterocycles. The Kier molecular flexibility index (Phi) is 4.65. The Bertz CT molecular complexity index is 647. The Morgan fingerprint density at radius 1 is 1.29 bits per heavy atom. The van der Waals surface area contributed by atoms with Gasteiger partial charge in [-0.05, 0) is 49.4 Å². The van der Waals surface area contributed by atoms with Gasteiger partial charge in [0.25, 0.3) is 5.91 Å². The average Bonchev–Trinajstić information content (AvgIpc) is 2.45. The molecule has 0 saturated carbocycles. The summed E-state index contributed by atoms with van der Waals surface area (Å²) in [6.45, 7) is 1.56. The largest absolute Gasteiger partial charge is 0.481 e. The number of nitrogen functional groups attached to an aromatic ring is 1. The predicted octanol–water partition coefficient (Wildman–Crippen LogP) is 3.47. The van der Waals surface area contributed by atoms with Crippen molar-refractivity contribution >= 4 is 28.9 Å². The van der Waals surface area contributed by atoms with Crippen LogP contribution in [-0.4, -0.2) is 12.0 Å². The van der Waals surface area contributed by atoms with E-state index in [-0.39, 0.29) is 5.69 Å². The smallest absolute Gasteiger partial charge is 0.265 e. The summed E-state index contributed by atoms with van der Waals surface area (Å²) in [6, 6.07) is 10.6. The number of carbonyl (C=O) groups is 1. The molecule has 0 bridgehead atoms. The maximum atomic E-state index is 13.5. The van der Waals surface area contributed by atoms with Gasteiger partial charge in [0, 0.05) is 10.7 Å². The number of amides is 1. The first-order valence-electron chi connectivity index (χ1n) is 6.24. The first kappa shape index (κ1) is 15.1. The molecular weight excluding hydrogens is 295 g/mol. The second-order valence-corrected chi connectivity index (χ2v) is 4.88. The SMILES string of the molecule is C[C@@H](Oc1ccc(Cl)cc1)C(=O)Nc1cc(N)ccc1F. The zero-order valence-electron chi connectivity index (χ0n) is 11.3. The third kappa shape index (κ3) is 4.10. The van der Waals surface area contributed by atoms with Gasteiger partial charge < -0.3 is 15.8 Å². The molecule has 0 aromatic heterocycles. The highest BCUT2D eigenvalue weighted by atomic mass is 35.5. The Labute approximate surface area is 126 Å². The van der Waals surface area contributed by atoms with Crippen molar-refractivity contribution in [1.82, 2.24) is 0 Å². The lowest BCUT2D eigenvalue weighted by Gasteiger charge is -2.15. The molecule has 0 aliphatic carbocycles. The van der Waals surface area contributed by atoms with E-state index in [4.69, 9.17) is 22.1 Å². The second kappa shape index (κ2) is 6.45. The van der Waals surface area contributed by atoms with Crippen LogP contribution in [0, 0.1) is 5.82 Å². The van der Waals surface area contributed by atoms with E-state index in [1.807, 2.05) is 0 Å². The summed E-state index contributed by atoms with van der Waals surface area (Å²) in [6.07, 6.45) is -0.799. The summed E-state index contributed by atoms with van der Waals surface area (Å²) < 4.78 is 19.0. The highest BCUT2D eigenvalue weighted by Crippen LogP contribution is 2.19. The molecule has 4 nitrogen and oxygen atoms in total. The zero-order valence-corrected chi connectivity index (χ0v) is 12.0. The number of hydrogen-bond acceptors (Lipinski definition) is 3. The molecule has 1 atom stereocenters. The van der Waals surface area contributed by atoms with Crippen molar-refractivity contribution in [3.05, 3.63) is 53.3 Å². The number of benzene rings is 2. The molecule has 0 unspecified atom stereocenters. The van der Waals surface area contributed by atoms with Crippen molar-refractivity contribution < 1.29 is 13.9 Å². The lowest BCUT2D eigenvalue weighted by Crippen LogP contribution is -2.30. The van der Waals surface area contributed by atoms with Crippen molar-refractivity contribution in [2.75, 3.05) is 11.1 Å². The number of ether oxygens (including phenoxy) is 1. The van der Waals surface area contributed by atoms with Crippen LogP contribution < -0.4 is 15.8 Å². The van der Waals surface area contributed by atoms with E-state index in [0.29, 0.717) is 16.5 Å². The fourth-order valence-corrected chi connectivity index (χ4v) is 1.77. The highest BCUT2D eigenvalue weighted by molar-refractivity contribution is 6.30. The van der Waals surface area contributed by atoms with Crippen LogP contribution in [0.5, 0.6) is 5.75 Å². The van der Waals surface area contributed by atoms with E-state index in [1.165, 1.54) is 18.2 Å². The summed E-state index contributed by atoms with van der Waals surface area (Å²) in [5, 5.41) is 3.01. The molecule has 0 aliphatic rings. The fraction of sp³-hybridized carbons (Fsp3) is 0.133. The molecular formula is C15H14ClFN2O2. The molecule has 110 valence electrons. The van der Waals surface area contributed by atoms with Gasteiger partial charge in [0.2, 0.25) is 0 Å². The number of carbonyl (C=O) groups excluding carboxylic acids is 1. The van der Waals surface area contributed by atoms with Crippen LogP contribution in [0.4, 0.5) is 15.8 Å². The summed E-state index contributed by atoms with van der Waals surface area (Å²) in [5.41, 5.74) is 5.93. The number of halogens is 2. The molecule has 2 aromatic carbocycles. The third-order valence-corrected chi connectivity index (χ3v) is 3.00. The Morgan fingerprint density at radius 3 is 2.62 bits per heavy atom. The molecule has 0 fully saturated rings. The topological polar surface area (TPSA) is 64.3 Å². The van der Waals surface area contributed by atoms with Gasteiger partial charge in [-0.25, -0.2) is 4.39 Å². The van der Waals surface area contributed by atoms with Gasteiger partial charge in [-0.15, -0.1) is 0 Å². The number of nitrogens with one attached hydrogen (secondary N) is 1. The van der Waals surface area contributed by atoms with Gasteiger partial charge in [0.1, 0.15) is 11.6 Å². The van der Waals surface area contributed by atoms with Gasteiger partial charge in [0.05, 0.1) is 5.69 Å². The summed E-state index contributed by atoms with van der Waals surface area (Å²) >= 11 is 5.76. The van der Waals surface area contributed by atoms with Crippen molar-refractivity contribution in [2.24, 2.45) is 0 Å². The maximum absolute atomic E-state index is 13.5. The summed E-state index contributed by atoms with van der Waals surface area (Å²) in [7, 11) is 0. The molecule has 2 rings (SSSR count). The third-order valence-electron chi connectivity index (χ3n) is 2.74. The van der Waals surface area contributed by atoms with E-state index in [0.717, 1.165) is 0 Å². The van der Waals surface area contributed by atoms with Crippen molar-refractivity contribution in [3.63, 3.8) is 0 Å². The molecule has 2 aromatic rings. The van der Waals surface area contributed by atoms with Crippen LogP contribution in [0.2, 0.25) is 5.02 Å². The van der Waals surface area contributed by atoms with Crippen molar-refractivity contribution in [3.8, 4) is 5.75 Å². The molecule has 0 saturated heterocycles. The van der Waals surface area contributed by atoms with Crippen LogP contribution in [0.15, 0.2) is 42.5 Å². The molecule has 21 heavy (non-hydrogen) atoms. The van der Waals surface area contributed by atoms with E-state index in [9.17, 15) is 9.18 Å². The average molecular weight is 309 g/mol. The predicted molar refractivity (Wildman–Crippen MR) is 81.0 cm³/mol. The Hall–Kier alpha value is -2.27. The lowest BCUT2D eigenvalue weighted by molar-refractivity contribution is -0.122. The normalized spacial score (nSPS) is 11.8. The minimum absolute atomic E-state index is 0.0200. The van der Waals surface area contributed by atoms with Crippen LogP contribution in [0.1, 0.15) is 6.92 Å². The van der Waals surface area contributed by atoms with Crippen LogP contribution in [-0.2, 0) is 4.79 Å². The molecule has 6 heteroatoms. The first-order chi connectivity index (χ1) is 9.95. The number of anilines is 2. The van der Waals surface area contributed by atoms with E-state index in [2.05, 4.69) is 5.32 Å².